The van der Waals surface area contributed by atoms with E-state index < -0.39 is 4.92 Å². The van der Waals surface area contributed by atoms with Crippen LogP contribution in [-0.2, 0) is 4.74 Å². The van der Waals surface area contributed by atoms with Gasteiger partial charge in [0.25, 0.3) is 4.96 Å². The van der Waals surface area contributed by atoms with Crippen molar-refractivity contribution in [2.24, 2.45) is 0 Å². The summed E-state index contributed by atoms with van der Waals surface area (Å²) in [4.78, 5) is 15.3. The number of imidazole rings is 1. The van der Waals surface area contributed by atoms with E-state index in [0.29, 0.717) is 11.5 Å². The van der Waals surface area contributed by atoms with Gasteiger partial charge in [0.2, 0.25) is 0 Å². The van der Waals surface area contributed by atoms with Crippen LogP contribution in [0.5, 0.6) is 5.88 Å². The Balaban J connectivity index is 1.75. The molecule has 0 radical (unpaired) electrons. The monoisotopic (exact) mass is 298 g/mol. The SMILES string of the molecule is CC1CNCC(COc2nc3sccn3c2[N+](=O)[O-])O1. The third-order valence-corrected chi connectivity index (χ3v) is 3.77. The summed E-state index contributed by atoms with van der Waals surface area (Å²) in [5, 5.41) is 16.1. The number of hydrogen-bond donors (Lipinski definition) is 1. The Bertz CT molecular complexity index is 625. The molecule has 1 aliphatic rings. The summed E-state index contributed by atoms with van der Waals surface area (Å²) in [6.45, 7) is 3.68. The Hall–Kier alpha value is -1.71. The second-order valence-electron chi connectivity index (χ2n) is 4.59. The minimum atomic E-state index is -0.481. The highest BCUT2D eigenvalue weighted by Crippen LogP contribution is 2.30. The zero-order valence-corrected chi connectivity index (χ0v) is 11.6. The number of nitrogens with zero attached hydrogens (tertiary/aromatic N) is 3. The topological polar surface area (TPSA) is 90.9 Å². The smallest absolute Gasteiger partial charge is 0.393 e. The Labute approximate surface area is 118 Å². The number of hydrogen-bond acceptors (Lipinski definition) is 7. The number of fused-ring (bicyclic) bond motifs is 1. The van der Waals surface area contributed by atoms with E-state index in [1.54, 1.807) is 11.6 Å². The van der Waals surface area contributed by atoms with Gasteiger partial charge in [-0.25, -0.2) is 0 Å². The van der Waals surface area contributed by atoms with Crippen LogP contribution in [0.15, 0.2) is 11.6 Å². The van der Waals surface area contributed by atoms with Crippen molar-refractivity contribution in [1.29, 1.82) is 0 Å². The fraction of sp³-hybridized carbons (Fsp3) is 0.545. The Morgan fingerprint density at radius 3 is 3.30 bits per heavy atom. The number of nitro groups is 1. The molecule has 0 saturated carbocycles. The van der Waals surface area contributed by atoms with Gasteiger partial charge in [-0.3, -0.25) is 0 Å². The molecule has 0 bridgehead atoms. The van der Waals surface area contributed by atoms with Crippen LogP contribution in [0, 0.1) is 10.1 Å². The lowest BCUT2D eigenvalue weighted by Gasteiger charge is -2.28. The first-order valence-electron chi connectivity index (χ1n) is 6.24. The zero-order valence-electron chi connectivity index (χ0n) is 10.8. The number of rotatable bonds is 4. The van der Waals surface area contributed by atoms with Crippen LogP contribution in [0.2, 0.25) is 0 Å². The Kier molecular flexibility index (Phi) is 3.55. The van der Waals surface area contributed by atoms with E-state index >= 15 is 0 Å². The average Bonchev–Trinajstić information content (AvgIpc) is 2.95. The third kappa shape index (κ3) is 2.47. The molecule has 3 rings (SSSR count). The Morgan fingerprint density at radius 1 is 1.70 bits per heavy atom. The van der Waals surface area contributed by atoms with E-state index in [1.165, 1.54) is 15.7 Å². The molecule has 0 spiro atoms. The molecule has 0 aromatic carbocycles. The first-order valence-corrected chi connectivity index (χ1v) is 7.12. The van der Waals surface area contributed by atoms with Crippen molar-refractivity contribution in [2.45, 2.75) is 19.1 Å². The highest BCUT2D eigenvalue weighted by molar-refractivity contribution is 7.15. The molecule has 2 unspecified atom stereocenters. The van der Waals surface area contributed by atoms with Crippen LogP contribution >= 0.6 is 11.3 Å². The molecule has 1 aliphatic heterocycles. The molecule has 1 fully saturated rings. The van der Waals surface area contributed by atoms with Gasteiger partial charge in [0.1, 0.15) is 18.9 Å². The van der Waals surface area contributed by atoms with Crippen molar-refractivity contribution >= 4 is 22.1 Å². The quantitative estimate of drug-likeness (QED) is 0.670. The molecular formula is C11H14N4O4S. The summed E-state index contributed by atoms with van der Waals surface area (Å²) in [7, 11) is 0. The predicted molar refractivity (Wildman–Crippen MR) is 72.4 cm³/mol. The first kappa shape index (κ1) is 13.3. The van der Waals surface area contributed by atoms with Crippen LogP contribution in [0.1, 0.15) is 6.92 Å². The minimum absolute atomic E-state index is 0.0451. The van der Waals surface area contributed by atoms with Crippen molar-refractivity contribution in [3.05, 3.63) is 21.7 Å². The van der Waals surface area contributed by atoms with Crippen LogP contribution in [0.3, 0.4) is 0 Å². The lowest BCUT2D eigenvalue weighted by atomic mass is 10.2. The summed E-state index contributed by atoms with van der Waals surface area (Å²) in [5.74, 6) is -0.0956. The maximum absolute atomic E-state index is 11.1. The van der Waals surface area contributed by atoms with Crippen LogP contribution in [-0.4, -0.2) is 46.2 Å². The molecule has 1 saturated heterocycles. The largest absolute Gasteiger partial charge is 0.469 e. The van der Waals surface area contributed by atoms with Gasteiger partial charge in [-0.1, -0.05) is 11.3 Å². The molecule has 0 aliphatic carbocycles. The van der Waals surface area contributed by atoms with Gasteiger partial charge < -0.3 is 24.9 Å². The van der Waals surface area contributed by atoms with E-state index in [4.69, 9.17) is 9.47 Å². The van der Waals surface area contributed by atoms with Gasteiger partial charge >= 0.3 is 11.7 Å². The van der Waals surface area contributed by atoms with Crippen molar-refractivity contribution in [2.75, 3.05) is 19.7 Å². The summed E-state index contributed by atoms with van der Waals surface area (Å²) in [6, 6.07) is 0. The maximum atomic E-state index is 11.1. The van der Waals surface area contributed by atoms with Crippen molar-refractivity contribution < 1.29 is 14.4 Å². The summed E-state index contributed by atoms with van der Waals surface area (Å²) >= 11 is 1.33. The number of aromatic nitrogens is 2. The highest BCUT2D eigenvalue weighted by atomic mass is 32.1. The van der Waals surface area contributed by atoms with Gasteiger partial charge in [0, 0.05) is 18.5 Å². The predicted octanol–water partition coefficient (Wildman–Crippen LogP) is 1.06. The molecule has 9 heteroatoms. The fourth-order valence-corrected chi connectivity index (χ4v) is 2.86. The first-order chi connectivity index (χ1) is 9.65. The molecule has 20 heavy (non-hydrogen) atoms. The second kappa shape index (κ2) is 5.35. The van der Waals surface area contributed by atoms with Crippen LogP contribution in [0.25, 0.3) is 4.96 Å². The Morgan fingerprint density at radius 2 is 2.55 bits per heavy atom. The molecule has 2 atom stereocenters. The lowest BCUT2D eigenvalue weighted by molar-refractivity contribution is -0.391. The molecule has 2 aromatic rings. The zero-order chi connectivity index (χ0) is 14.1. The molecule has 3 heterocycles. The molecule has 1 N–H and O–H groups in total. The van der Waals surface area contributed by atoms with E-state index in [0.717, 1.165) is 6.54 Å². The summed E-state index contributed by atoms with van der Waals surface area (Å²) in [6.07, 6.45) is 1.59. The van der Waals surface area contributed by atoms with Gasteiger partial charge in [-0.2, -0.15) is 9.38 Å². The lowest BCUT2D eigenvalue weighted by Crippen LogP contribution is -2.45. The molecule has 108 valence electrons. The van der Waals surface area contributed by atoms with Crippen LogP contribution < -0.4 is 10.1 Å². The van der Waals surface area contributed by atoms with Crippen LogP contribution in [0.4, 0.5) is 5.82 Å². The number of ether oxygens (including phenoxy) is 2. The average molecular weight is 298 g/mol. The molecular weight excluding hydrogens is 284 g/mol. The van der Waals surface area contributed by atoms with E-state index in [-0.39, 0.29) is 30.5 Å². The number of morpholine rings is 1. The fourth-order valence-electron chi connectivity index (χ4n) is 2.16. The normalized spacial score (nSPS) is 23.1. The van der Waals surface area contributed by atoms with Crippen molar-refractivity contribution in [3.8, 4) is 5.88 Å². The third-order valence-electron chi connectivity index (χ3n) is 3.01. The van der Waals surface area contributed by atoms with E-state index in [9.17, 15) is 10.1 Å². The second-order valence-corrected chi connectivity index (χ2v) is 5.46. The van der Waals surface area contributed by atoms with Crippen molar-refractivity contribution in [3.63, 3.8) is 0 Å². The summed E-state index contributed by atoms with van der Waals surface area (Å²) < 4.78 is 12.6. The maximum Gasteiger partial charge on any atom is 0.393 e. The van der Waals surface area contributed by atoms with E-state index in [2.05, 4.69) is 10.3 Å². The summed E-state index contributed by atoms with van der Waals surface area (Å²) in [5.41, 5.74) is 0. The standard InChI is InChI=1S/C11H14N4O4S/c1-7-4-12-5-8(19-7)6-18-9-10(15(16)17)14-2-3-20-11(14)13-9/h2-3,7-8,12H,4-6H2,1H3. The minimum Gasteiger partial charge on any atom is -0.469 e. The van der Waals surface area contributed by atoms with Gasteiger partial charge in [-0.05, 0) is 11.8 Å². The van der Waals surface area contributed by atoms with Gasteiger partial charge in [0.15, 0.2) is 0 Å². The van der Waals surface area contributed by atoms with E-state index in [1.807, 2.05) is 6.92 Å². The van der Waals surface area contributed by atoms with Crippen molar-refractivity contribution in [1.82, 2.24) is 14.7 Å². The highest BCUT2D eigenvalue weighted by Gasteiger charge is 2.27. The van der Waals surface area contributed by atoms with Gasteiger partial charge in [0.05, 0.1) is 6.10 Å². The number of nitrogens with one attached hydrogen (secondary N) is 1. The molecule has 0 amide bonds. The molecule has 8 nitrogen and oxygen atoms in total. The van der Waals surface area contributed by atoms with Gasteiger partial charge in [-0.15, -0.1) is 0 Å². The molecule has 2 aromatic heterocycles. The number of thiazole rings is 1.